The highest BCUT2D eigenvalue weighted by molar-refractivity contribution is 7.91. The number of terminal acetylenes is 1. The van der Waals surface area contributed by atoms with Gasteiger partial charge in [0.25, 0.3) is 10.0 Å². The summed E-state index contributed by atoms with van der Waals surface area (Å²) in [5.74, 6) is 2.43. The molecule has 1 rings (SSSR count). The van der Waals surface area contributed by atoms with Crippen LogP contribution in [0.15, 0.2) is 10.3 Å². The highest BCUT2D eigenvalue weighted by Gasteiger charge is 2.21. The fourth-order valence-corrected chi connectivity index (χ4v) is 4.19. The van der Waals surface area contributed by atoms with Crippen LogP contribution in [-0.2, 0) is 10.0 Å². The maximum absolute atomic E-state index is 12.0. The first-order chi connectivity index (χ1) is 7.90. The normalized spacial score (nSPS) is 13.3. The Morgan fingerprint density at radius 3 is 2.71 bits per heavy atom. The van der Waals surface area contributed by atoms with Crippen LogP contribution in [0.4, 0.5) is 0 Å². The zero-order valence-electron chi connectivity index (χ0n) is 9.66. The van der Waals surface area contributed by atoms with Gasteiger partial charge < -0.3 is 0 Å². The second-order valence-electron chi connectivity index (χ2n) is 3.65. The van der Waals surface area contributed by atoms with Gasteiger partial charge in [0, 0.05) is 0 Å². The van der Waals surface area contributed by atoms with Crippen LogP contribution in [0.2, 0.25) is 4.34 Å². The van der Waals surface area contributed by atoms with Gasteiger partial charge in [-0.2, -0.15) is 4.72 Å². The van der Waals surface area contributed by atoms with Crippen molar-refractivity contribution in [1.29, 1.82) is 0 Å². The fourth-order valence-electron chi connectivity index (χ4n) is 1.27. The van der Waals surface area contributed by atoms with Crippen LogP contribution in [0.5, 0.6) is 0 Å². The Morgan fingerprint density at radius 2 is 2.29 bits per heavy atom. The fraction of sp³-hybridized carbons (Fsp3) is 0.455. The van der Waals surface area contributed by atoms with Crippen LogP contribution < -0.4 is 4.72 Å². The van der Waals surface area contributed by atoms with E-state index in [1.165, 1.54) is 0 Å². The Kier molecular flexibility index (Phi) is 5.02. The Morgan fingerprint density at radius 1 is 1.65 bits per heavy atom. The van der Waals surface area contributed by atoms with Crippen molar-refractivity contribution in [2.45, 2.75) is 36.9 Å². The van der Waals surface area contributed by atoms with E-state index in [0.717, 1.165) is 23.3 Å². The summed E-state index contributed by atoms with van der Waals surface area (Å²) in [4.78, 5) is 0. The summed E-state index contributed by atoms with van der Waals surface area (Å²) >= 11 is 6.89. The molecule has 0 saturated heterocycles. The third-order valence-electron chi connectivity index (χ3n) is 2.18. The van der Waals surface area contributed by atoms with Gasteiger partial charge in [0.2, 0.25) is 0 Å². The molecular formula is C11H14ClNO2S2. The molecule has 0 aromatic carbocycles. The standard InChI is InChI=1S/C11H14ClNO2S2/c1-4-6-9(5-2)13-17(14,15)10-7-8(3)11(12)16-10/h2,7,9,13H,4,6H2,1,3H3. The van der Waals surface area contributed by atoms with Gasteiger partial charge in [0.1, 0.15) is 4.21 Å². The molecule has 0 spiro atoms. The molecule has 0 bridgehead atoms. The van der Waals surface area contributed by atoms with Gasteiger partial charge in [-0.05, 0) is 25.0 Å². The smallest absolute Gasteiger partial charge is 0.206 e. The molecule has 1 heterocycles. The number of halogens is 1. The summed E-state index contributed by atoms with van der Waals surface area (Å²) in [5.41, 5.74) is 0.754. The number of hydrogen-bond acceptors (Lipinski definition) is 3. The SMILES string of the molecule is C#CC(CCC)NS(=O)(=O)c1cc(C)c(Cl)s1. The van der Waals surface area contributed by atoms with E-state index >= 15 is 0 Å². The summed E-state index contributed by atoms with van der Waals surface area (Å²) in [6, 6.07) is 1.08. The Hall–Kier alpha value is -0.540. The lowest BCUT2D eigenvalue weighted by Gasteiger charge is -2.10. The molecule has 0 aliphatic carbocycles. The van der Waals surface area contributed by atoms with Gasteiger partial charge in [-0.15, -0.1) is 17.8 Å². The summed E-state index contributed by atoms with van der Waals surface area (Å²) in [6.07, 6.45) is 6.72. The van der Waals surface area contributed by atoms with Crippen molar-refractivity contribution in [1.82, 2.24) is 4.72 Å². The van der Waals surface area contributed by atoms with Gasteiger partial charge in [0.15, 0.2) is 0 Å². The van der Waals surface area contributed by atoms with Crippen molar-refractivity contribution in [3.63, 3.8) is 0 Å². The summed E-state index contributed by atoms with van der Waals surface area (Å²) < 4.78 is 27.2. The van der Waals surface area contributed by atoms with Crippen molar-refractivity contribution < 1.29 is 8.42 Å². The predicted molar refractivity (Wildman–Crippen MR) is 71.9 cm³/mol. The van der Waals surface area contributed by atoms with Crippen molar-refractivity contribution in [3.8, 4) is 12.3 Å². The molecule has 6 heteroatoms. The van der Waals surface area contributed by atoms with E-state index in [9.17, 15) is 8.42 Å². The zero-order chi connectivity index (χ0) is 13.1. The average molecular weight is 292 g/mol. The molecule has 1 aromatic rings. The molecule has 94 valence electrons. The van der Waals surface area contributed by atoms with Crippen LogP contribution in [0.25, 0.3) is 0 Å². The second-order valence-corrected chi connectivity index (χ2v) is 7.25. The van der Waals surface area contributed by atoms with Crippen LogP contribution >= 0.6 is 22.9 Å². The van der Waals surface area contributed by atoms with E-state index in [1.807, 2.05) is 6.92 Å². The van der Waals surface area contributed by atoms with Crippen LogP contribution in [0.1, 0.15) is 25.3 Å². The number of sulfonamides is 1. The topological polar surface area (TPSA) is 46.2 Å². The highest BCUT2D eigenvalue weighted by atomic mass is 35.5. The van der Waals surface area contributed by atoms with Gasteiger partial charge in [-0.3, -0.25) is 0 Å². The van der Waals surface area contributed by atoms with E-state index in [1.54, 1.807) is 13.0 Å². The van der Waals surface area contributed by atoms with Crippen molar-refractivity contribution in [2.75, 3.05) is 0 Å². The highest BCUT2D eigenvalue weighted by Crippen LogP contribution is 2.30. The molecule has 1 N–H and O–H groups in total. The monoisotopic (exact) mass is 291 g/mol. The largest absolute Gasteiger partial charge is 0.251 e. The number of rotatable bonds is 5. The lowest BCUT2D eigenvalue weighted by atomic mass is 10.2. The maximum Gasteiger partial charge on any atom is 0.251 e. The minimum absolute atomic E-state index is 0.205. The summed E-state index contributed by atoms with van der Waals surface area (Å²) in [7, 11) is -3.55. The van der Waals surface area contributed by atoms with Gasteiger partial charge >= 0.3 is 0 Å². The van der Waals surface area contributed by atoms with E-state index in [-0.39, 0.29) is 4.21 Å². The third-order valence-corrected chi connectivity index (χ3v) is 5.68. The first-order valence-corrected chi connectivity index (χ1v) is 7.83. The molecule has 0 aliphatic rings. The predicted octanol–water partition coefficient (Wildman–Crippen LogP) is 2.79. The molecule has 0 saturated carbocycles. The van der Waals surface area contributed by atoms with Crippen LogP contribution in [0.3, 0.4) is 0 Å². The summed E-state index contributed by atoms with van der Waals surface area (Å²) in [6.45, 7) is 3.72. The third kappa shape index (κ3) is 3.71. The van der Waals surface area contributed by atoms with Crippen LogP contribution in [0, 0.1) is 19.3 Å². The van der Waals surface area contributed by atoms with Crippen molar-refractivity contribution in [3.05, 3.63) is 16.0 Å². The number of aryl methyl sites for hydroxylation is 1. The van der Waals surface area contributed by atoms with Gasteiger partial charge in [-0.1, -0.05) is 30.9 Å². The summed E-state index contributed by atoms with van der Waals surface area (Å²) in [5, 5.41) is 0. The first kappa shape index (κ1) is 14.5. The van der Waals surface area contributed by atoms with E-state index in [0.29, 0.717) is 10.8 Å². The molecule has 0 amide bonds. The molecule has 1 aromatic heterocycles. The lowest BCUT2D eigenvalue weighted by Crippen LogP contribution is -2.33. The van der Waals surface area contributed by atoms with Crippen molar-refractivity contribution >= 4 is 33.0 Å². The van der Waals surface area contributed by atoms with Gasteiger partial charge in [-0.25, -0.2) is 8.42 Å². The van der Waals surface area contributed by atoms with E-state index in [4.69, 9.17) is 18.0 Å². The number of thiophene rings is 1. The second kappa shape index (κ2) is 5.87. The minimum atomic E-state index is -3.55. The van der Waals surface area contributed by atoms with E-state index < -0.39 is 16.1 Å². The quantitative estimate of drug-likeness (QED) is 0.848. The molecule has 17 heavy (non-hydrogen) atoms. The van der Waals surface area contributed by atoms with Crippen LogP contribution in [-0.4, -0.2) is 14.5 Å². The molecule has 0 fully saturated rings. The molecule has 3 nitrogen and oxygen atoms in total. The Labute approximate surface area is 111 Å². The number of hydrogen-bond donors (Lipinski definition) is 1. The Balaban J connectivity index is 2.93. The molecule has 0 aliphatic heterocycles. The Bertz CT molecular complexity index is 509. The van der Waals surface area contributed by atoms with E-state index in [2.05, 4.69) is 10.6 Å². The molecule has 0 radical (unpaired) electrons. The lowest BCUT2D eigenvalue weighted by molar-refractivity contribution is 0.566. The van der Waals surface area contributed by atoms with Crippen molar-refractivity contribution in [2.24, 2.45) is 0 Å². The average Bonchev–Trinajstić information content (AvgIpc) is 2.59. The zero-order valence-corrected chi connectivity index (χ0v) is 12.0. The van der Waals surface area contributed by atoms with Gasteiger partial charge in [0.05, 0.1) is 10.4 Å². The molecule has 1 atom stereocenters. The minimum Gasteiger partial charge on any atom is -0.206 e. The maximum atomic E-state index is 12.0. The number of nitrogens with one attached hydrogen (secondary N) is 1. The molecular weight excluding hydrogens is 278 g/mol. The first-order valence-electron chi connectivity index (χ1n) is 5.15. The molecule has 1 unspecified atom stereocenters.